The molecule has 0 aromatic heterocycles. The number of thioether (sulfide) groups is 1. The van der Waals surface area contributed by atoms with Crippen molar-refractivity contribution in [3.63, 3.8) is 0 Å². The van der Waals surface area contributed by atoms with Crippen LogP contribution >= 0.6 is 11.8 Å². The molecule has 106 valence electrons. The van der Waals surface area contributed by atoms with Crippen LogP contribution in [0.15, 0.2) is 0 Å². The summed E-state index contributed by atoms with van der Waals surface area (Å²) in [6.07, 6.45) is 2.64. The molecular weight excluding hydrogens is 250 g/mol. The standard InChI is InChI=1S/C13H25NO3S/c1-9(2)12(14)10(7-15)18-8-13(4-5-13)6-11(16)17-3/h9-10,12,15H,4-8,14H2,1-3H3. The number of hydrogen-bond donors (Lipinski definition) is 2. The van der Waals surface area contributed by atoms with Crippen LogP contribution in [0.2, 0.25) is 0 Å². The fourth-order valence-corrected chi connectivity index (χ4v) is 3.53. The Morgan fingerprint density at radius 1 is 1.50 bits per heavy atom. The first kappa shape index (κ1) is 15.8. The zero-order valence-electron chi connectivity index (χ0n) is 11.5. The lowest BCUT2D eigenvalue weighted by Gasteiger charge is -2.26. The minimum Gasteiger partial charge on any atom is -0.469 e. The summed E-state index contributed by atoms with van der Waals surface area (Å²) < 4.78 is 4.72. The summed E-state index contributed by atoms with van der Waals surface area (Å²) in [5.74, 6) is 1.10. The third kappa shape index (κ3) is 4.44. The molecule has 0 amide bonds. The van der Waals surface area contributed by atoms with Crippen LogP contribution in [0.25, 0.3) is 0 Å². The van der Waals surface area contributed by atoms with Gasteiger partial charge in [0.05, 0.1) is 20.1 Å². The van der Waals surface area contributed by atoms with Crippen LogP contribution in [0, 0.1) is 11.3 Å². The summed E-state index contributed by atoms with van der Waals surface area (Å²) in [4.78, 5) is 11.3. The molecule has 0 spiro atoms. The second-order valence-corrected chi connectivity index (χ2v) is 6.83. The summed E-state index contributed by atoms with van der Waals surface area (Å²) >= 11 is 1.70. The van der Waals surface area contributed by atoms with Crippen LogP contribution < -0.4 is 5.73 Å². The summed E-state index contributed by atoms with van der Waals surface area (Å²) in [7, 11) is 1.43. The number of aliphatic hydroxyl groups excluding tert-OH is 1. The zero-order chi connectivity index (χ0) is 13.8. The molecule has 0 radical (unpaired) electrons. The number of aliphatic hydroxyl groups is 1. The number of hydrogen-bond acceptors (Lipinski definition) is 5. The highest BCUT2D eigenvalue weighted by Crippen LogP contribution is 2.51. The van der Waals surface area contributed by atoms with Crippen molar-refractivity contribution in [3.8, 4) is 0 Å². The lowest BCUT2D eigenvalue weighted by molar-refractivity contribution is -0.141. The Kier molecular flexibility index (Phi) is 5.95. The number of nitrogens with two attached hydrogens (primary N) is 1. The Labute approximate surface area is 114 Å². The minimum atomic E-state index is -0.137. The molecule has 18 heavy (non-hydrogen) atoms. The average molecular weight is 275 g/mol. The summed E-state index contributed by atoms with van der Waals surface area (Å²) in [6, 6.07) is -0.00562. The van der Waals surface area contributed by atoms with Gasteiger partial charge in [-0.25, -0.2) is 0 Å². The van der Waals surface area contributed by atoms with Gasteiger partial charge in [-0.15, -0.1) is 0 Å². The molecule has 1 aliphatic carbocycles. The van der Waals surface area contributed by atoms with Crippen LogP contribution in [0.4, 0.5) is 0 Å². The molecule has 1 aliphatic rings. The van der Waals surface area contributed by atoms with Crippen LogP contribution in [-0.4, -0.2) is 41.8 Å². The highest BCUT2D eigenvalue weighted by atomic mass is 32.2. The van der Waals surface area contributed by atoms with Crippen molar-refractivity contribution in [1.29, 1.82) is 0 Å². The Morgan fingerprint density at radius 2 is 2.11 bits per heavy atom. The second-order valence-electron chi connectivity index (χ2n) is 5.61. The number of methoxy groups -OCH3 is 1. The van der Waals surface area contributed by atoms with Crippen LogP contribution in [0.1, 0.15) is 33.1 Å². The van der Waals surface area contributed by atoms with Gasteiger partial charge in [-0.1, -0.05) is 13.8 Å². The van der Waals surface area contributed by atoms with E-state index in [2.05, 4.69) is 13.8 Å². The van der Waals surface area contributed by atoms with E-state index in [1.807, 2.05) is 0 Å². The van der Waals surface area contributed by atoms with Crippen LogP contribution in [0.5, 0.6) is 0 Å². The molecule has 5 heteroatoms. The van der Waals surface area contributed by atoms with Gasteiger partial charge in [0, 0.05) is 11.3 Å². The first-order valence-corrected chi connectivity index (χ1v) is 7.54. The van der Waals surface area contributed by atoms with Crippen molar-refractivity contribution < 1.29 is 14.6 Å². The van der Waals surface area contributed by atoms with E-state index in [0.717, 1.165) is 18.6 Å². The maximum absolute atomic E-state index is 11.3. The number of esters is 1. The van der Waals surface area contributed by atoms with E-state index in [9.17, 15) is 9.90 Å². The lowest BCUT2D eigenvalue weighted by atomic mass is 10.0. The molecule has 2 unspecified atom stereocenters. The van der Waals surface area contributed by atoms with Crippen molar-refractivity contribution >= 4 is 17.7 Å². The van der Waals surface area contributed by atoms with Crippen LogP contribution in [0.3, 0.4) is 0 Å². The summed E-state index contributed by atoms with van der Waals surface area (Å²) in [5.41, 5.74) is 6.18. The van der Waals surface area contributed by atoms with Crippen molar-refractivity contribution in [1.82, 2.24) is 0 Å². The fraction of sp³-hybridized carbons (Fsp3) is 0.923. The maximum atomic E-state index is 11.3. The van der Waals surface area contributed by atoms with E-state index < -0.39 is 0 Å². The Balaban J connectivity index is 2.41. The maximum Gasteiger partial charge on any atom is 0.306 e. The molecule has 4 nitrogen and oxygen atoms in total. The Morgan fingerprint density at radius 3 is 2.50 bits per heavy atom. The molecule has 0 saturated heterocycles. The molecule has 3 N–H and O–H groups in total. The highest BCUT2D eigenvalue weighted by Gasteiger charge is 2.45. The SMILES string of the molecule is COC(=O)CC1(CSC(CO)C(N)C(C)C)CC1. The zero-order valence-corrected chi connectivity index (χ0v) is 12.3. The number of ether oxygens (including phenoxy) is 1. The van der Waals surface area contributed by atoms with Gasteiger partial charge in [-0.05, 0) is 29.9 Å². The summed E-state index contributed by atoms with van der Waals surface area (Å²) in [6.45, 7) is 4.22. The monoisotopic (exact) mass is 275 g/mol. The van der Waals surface area contributed by atoms with E-state index in [0.29, 0.717) is 12.3 Å². The predicted molar refractivity (Wildman–Crippen MR) is 74.4 cm³/mol. The Hall–Kier alpha value is -0.260. The molecule has 2 atom stereocenters. The van der Waals surface area contributed by atoms with Gasteiger partial charge in [-0.2, -0.15) is 11.8 Å². The van der Waals surface area contributed by atoms with Crippen molar-refractivity contribution in [2.45, 2.75) is 44.4 Å². The second kappa shape index (κ2) is 6.78. The van der Waals surface area contributed by atoms with E-state index in [1.165, 1.54) is 7.11 Å². The molecule has 1 fully saturated rings. The van der Waals surface area contributed by atoms with Gasteiger partial charge >= 0.3 is 5.97 Å². The first-order chi connectivity index (χ1) is 8.44. The smallest absolute Gasteiger partial charge is 0.306 e. The van der Waals surface area contributed by atoms with Gasteiger partial charge in [0.1, 0.15) is 0 Å². The highest BCUT2D eigenvalue weighted by molar-refractivity contribution is 8.00. The molecule has 0 bridgehead atoms. The van der Waals surface area contributed by atoms with E-state index >= 15 is 0 Å². The fourth-order valence-electron chi connectivity index (χ4n) is 1.93. The molecule has 0 aliphatic heterocycles. The van der Waals surface area contributed by atoms with Gasteiger partial charge in [0.2, 0.25) is 0 Å². The first-order valence-electron chi connectivity index (χ1n) is 6.49. The van der Waals surface area contributed by atoms with Crippen molar-refractivity contribution in [3.05, 3.63) is 0 Å². The normalized spacial score (nSPS) is 20.6. The van der Waals surface area contributed by atoms with Gasteiger partial charge < -0.3 is 15.6 Å². The quantitative estimate of drug-likeness (QED) is 0.655. The van der Waals surface area contributed by atoms with E-state index in [-0.39, 0.29) is 29.3 Å². The molecule has 0 aromatic carbocycles. The third-order valence-corrected chi connectivity index (χ3v) is 5.36. The lowest BCUT2D eigenvalue weighted by Crippen LogP contribution is -2.40. The molecular formula is C13H25NO3S. The molecule has 0 heterocycles. The van der Waals surface area contributed by atoms with Crippen molar-refractivity contribution in [2.75, 3.05) is 19.5 Å². The third-order valence-electron chi connectivity index (χ3n) is 3.69. The van der Waals surface area contributed by atoms with Crippen molar-refractivity contribution in [2.24, 2.45) is 17.1 Å². The predicted octanol–water partition coefficient (Wildman–Crippen LogP) is 1.41. The average Bonchev–Trinajstić information content (AvgIpc) is 3.09. The van der Waals surface area contributed by atoms with Crippen LogP contribution in [-0.2, 0) is 9.53 Å². The molecule has 1 saturated carbocycles. The molecule has 1 rings (SSSR count). The minimum absolute atomic E-state index is 0.00562. The summed E-state index contributed by atoms with van der Waals surface area (Å²) in [5, 5.41) is 9.45. The number of carbonyl (C=O) groups excluding carboxylic acids is 1. The largest absolute Gasteiger partial charge is 0.469 e. The number of carbonyl (C=O) groups is 1. The van der Waals surface area contributed by atoms with Gasteiger partial charge in [0.25, 0.3) is 0 Å². The number of rotatable bonds is 8. The molecule has 0 aromatic rings. The van der Waals surface area contributed by atoms with E-state index in [4.69, 9.17) is 10.5 Å². The van der Waals surface area contributed by atoms with Gasteiger partial charge in [-0.3, -0.25) is 4.79 Å². The van der Waals surface area contributed by atoms with Gasteiger partial charge in [0.15, 0.2) is 0 Å². The van der Waals surface area contributed by atoms with E-state index in [1.54, 1.807) is 11.8 Å². The Bertz CT molecular complexity index is 279. The topological polar surface area (TPSA) is 72.5 Å².